The molecule has 2 amide bonds. The van der Waals surface area contributed by atoms with E-state index >= 15 is 0 Å². The molecular weight excluding hydrogens is 544 g/mol. The minimum atomic E-state index is -4.24. The summed E-state index contributed by atoms with van der Waals surface area (Å²) in [6.45, 7) is 3.39. The van der Waals surface area contributed by atoms with Crippen LogP contribution in [0, 0.1) is 0 Å². The first-order chi connectivity index (χ1) is 14.9. The van der Waals surface area contributed by atoms with E-state index in [2.05, 4.69) is 15.9 Å². The molecular formula is C19H21BrN2O7S3. The highest BCUT2D eigenvalue weighted by molar-refractivity contribution is 9.10. The van der Waals surface area contributed by atoms with E-state index in [1.807, 2.05) is 19.1 Å². The molecule has 9 nitrogen and oxygen atoms in total. The van der Waals surface area contributed by atoms with Gasteiger partial charge in [-0.2, -0.15) is 8.42 Å². The Hall–Kier alpha value is -1.80. The molecule has 13 heteroatoms. The number of carbonyl (C=O) groups is 3. The third kappa shape index (κ3) is 6.38. The van der Waals surface area contributed by atoms with Crippen LogP contribution in [0.25, 0.3) is 5.57 Å². The lowest BCUT2D eigenvalue weighted by Gasteiger charge is -2.16. The van der Waals surface area contributed by atoms with Gasteiger partial charge in [-0.3, -0.25) is 23.8 Å². The van der Waals surface area contributed by atoms with E-state index in [1.165, 1.54) is 0 Å². The zero-order chi connectivity index (χ0) is 24.2. The number of anilines is 1. The number of carboxylic acid groups (broad SMARTS) is 1. The van der Waals surface area contributed by atoms with Gasteiger partial charge in [0.2, 0.25) is 0 Å². The molecule has 174 valence electrons. The molecule has 3 rings (SSSR count). The molecule has 2 N–H and O–H groups in total. The summed E-state index contributed by atoms with van der Waals surface area (Å²) in [5.41, 5.74) is 1.66. The van der Waals surface area contributed by atoms with Crippen molar-refractivity contribution in [3.8, 4) is 0 Å². The number of carbonyl (C=O) groups excluding carboxylic acids is 2. The molecule has 32 heavy (non-hydrogen) atoms. The molecule has 2 aliphatic rings. The van der Waals surface area contributed by atoms with Crippen LogP contribution in [0.4, 0.5) is 5.69 Å². The Labute approximate surface area is 203 Å². The molecule has 0 bridgehead atoms. The van der Waals surface area contributed by atoms with Crippen molar-refractivity contribution in [2.45, 2.75) is 26.7 Å². The fourth-order valence-electron chi connectivity index (χ4n) is 3.01. The molecule has 2 heterocycles. The average molecular weight is 565 g/mol. The number of hydrogen-bond acceptors (Lipinski definition) is 7. The zero-order valence-corrected chi connectivity index (χ0v) is 21.2. The molecule has 1 fully saturated rings. The van der Waals surface area contributed by atoms with Crippen molar-refractivity contribution < 1.29 is 32.5 Å². The van der Waals surface area contributed by atoms with Gasteiger partial charge in [-0.15, -0.1) is 0 Å². The first-order valence-corrected chi connectivity index (χ1v) is 13.0. The standard InChI is InChI=1S/C17H17BrN2O5S3.C2H4O2/c1-2-3-6-19-12-5-4-10(18)9-11(12)13(15(19)21)14-16(22)20(17(26)27-14)7-8-28(23,24)25;1-2(3)4/h4-5,9H,2-3,6-8H2,1H3,(H,23,24,25);1H3,(H,3,4). The lowest BCUT2D eigenvalue weighted by atomic mass is 10.1. The number of nitrogens with zero attached hydrogens (tertiary/aromatic N) is 2. The van der Waals surface area contributed by atoms with Crippen molar-refractivity contribution in [2.75, 3.05) is 23.7 Å². The second-order valence-electron chi connectivity index (χ2n) is 6.81. The van der Waals surface area contributed by atoms with Gasteiger partial charge in [0.15, 0.2) is 0 Å². The number of halogens is 1. The summed E-state index contributed by atoms with van der Waals surface area (Å²) >= 11 is 9.59. The van der Waals surface area contributed by atoms with Gasteiger partial charge in [-0.05, 0) is 24.6 Å². The fraction of sp³-hybridized carbons (Fsp3) is 0.368. The summed E-state index contributed by atoms with van der Waals surface area (Å²) in [4.78, 5) is 38.0. The Morgan fingerprint density at radius 2 is 1.81 bits per heavy atom. The summed E-state index contributed by atoms with van der Waals surface area (Å²) < 4.78 is 31.9. The molecule has 2 aliphatic heterocycles. The first-order valence-electron chi connectivity index (χ1n) is 9.41. The van der Waals surface area contributed by atoms with Crippen LogP contribution in [-0.4, -0.2) is 63.9 Å². The molecule has 1 saturated heterocycles. The first kappa shape index (κ1) is 26.5. The maximum atomic E-state index is 13.1. The van der Waals surface area contributed by atoms with Crippen molar-refractivity contribution in [2.24, 2.45) is 0 Å². The zero-order valence-electron chi connectivity index (χ0n) is 17.2. The predicted octanol–water partition coefficient (Wildman–Crippen LogP) is 3.15. The number of rotatable bonds is 6. The van der Waals surface area contributed by atoms with Gasteiger partial charge >= 0.3 is 0 Å². The SMILES string of the molecule is CC(=O)O.CCCCN1C(=O)C(=C2SC(=S)N(CCS(=O)(=O)O)C2=O)c2cc(Br)ccc21. The molecule has 0 radical (unpaired) electrons. The molecule has 0 saturated carbocycles. The minimum Gasteiger partial charge on any atom is -0.481 e. The summed E-state index contributed by atoms with van der Waals surface area (Å²) in [6.07, 6.45) is 1.74. The van der Waals surface area contributed by atoms with Crippen LogP contribution in [0.3, 0.4) is 0 Å². The van der Waals surface area contributed by atoms with E-state index in [1.54, 1.807) is 11.0 Å². The monoisotopic (exact) mass is 564 g/mol. The maximum absolute atomic E-state index is 13.1. The second-order valence-corrected chi connectivity index (χ2v) is 10.9. The van der Waals surface area contributed by atoms with Crippen LogP contribution in [0.2, 0.25) is 0 Å². The number of fused-ring (bicyclic) bond motifs is 1. The van der Waals surface area contributed by atoms with Crippen LogP contribution < -0.4 is 4.90 Å². The van der Waals surface area contributed by atoms with Crippen LogP contribution >= 0.6 is 39.9 Å². The van der Waals surface area contributed by atoms with E-state index in [-0.39, 0.29) is 27.3 Å². The molecule has 0 aliphatic carbocycles. The highest BCUT2D eigenvalue weighted by Gasteiger charge is 2.42. The summed E-state index contributed by atoms with van der Waals surface area (Å²) in [5.74, 6) is -2.25. The third-order valence-corrected chi connectivity index (χ3v) is 7.00. The Balaban J connectivity index is 0.000000837. The highest BCUT2D eigenvalue weighted by atomic mass is 79.9. The van der Waals surface area contributed by atoms with Gasteiger partial charge in [-0.1, -0.05) is 53.3 Å². The number of unbranched alkanes of at least 4 members (excludes halogenated alkanes) is 1. The Morgan fingerprint density at radius 3 is 2.38 bits per heavy atom. The largest absolute Gasteiger partial charge is 0.481 e. The number of benzene rings is 1. The number of hydrogen-bond donors (Lipinski definition) is 2. The maximum Gasteiger partial charge on any atom is 0.300 e. The van der Waals surface area contributed by atoms with Crippen molar-refractivity contribution >= 4 is 83.4 Å². The van der Waals surface area contributed by atoms with Gasteiger partial charge in [0, 0.05) is 30.0 Å². The van der Waals surface area contributed by atoms with Crippen LogP contribution in [0.15, 0.2) is 27.6 Å². The molecule has 1 aromatic carbocycles. The van der Waals surface area contributed by atoms with Crippen molar-refractivity contribution in [1.82, 2.24) is 4.90 Å². The molecule has 1 aromatic rings. The van der Waals surface area contributed by atoms with E-state index in [0.29, 0.717) is 12.1 Å². The van der Waals surface area contributed by atoms with Crippen LogP contribution in [-0.2, 0) is 24.5 Å². The molecule has 0 aromatic heterocycles. The van der Waals surface area contributed by atoms with Crippen LogP contribution in [0.5, 0.6) is 0 Å². The average Bonchev–Trinajstić information content (AvgIpc) is 3.09. The molecule has 0 unspecified atom stereocenters. The molecule has 0 spiro atoms. The minimum absolute atomic E-state index is 0.160. The highest BCUT2D eigenvalue weighted by Crippen LogP contribution is 2.45. The number of amides is 2. The number of carboxylic acids is 1. The Bertz CT molecular complexity index is 1100. The van der Waals surface area contributed by atoms with E-state index in [4.69, 9.17) is 26.7 Å². The van der Waals surface area contributed by atoms with Gasteiger partial charge < -0.3 is 10.0 Å². The fourth-order valence-corrected chi connectivity index (χ4v) is 5.16. The topological polar surface area (TPSA) is 132 Å². The number of thioether (sulfide) groups is 1. The van der Waals surface area contributed by atoms with Crippen molar-refractivity contribution in [3.63, 3.8) is 0 Å². The Morgan fingerprint density at radius 1 is 1.19 bits per heavy atom. The lowest BCUT2D eigenvalue weighted by molar-refractivity contribution is -0.134. The second kappa shape index (κ2) is 10.9. The van der Waals surface area contributed by atoms with E-state index in [9.17, 15) is 18.0 Å². The van der Waals surface area contributed by atoms with Gasteiger partial charge in [0.05, 0.1) is 21.9 Å². The van der Waals surface area contributed by atoms with Crippen molar-refractivity contribution in [1.29, 1.82) is 0 Å². The number of aliphatic carboxylic acids is 1. The smallest absolute Gasteiger partial charge is 0.300 e. The van der Waals surface area contributed by atoms with Gasteiger partial charge in [-0.25, -0.2) is 0 Å². The summed E-state index contributed by atoms with van der Waals surface area (Å²) in [6, 6.07) is 5.46. The van der Waals surface area contributed by atoms with E-state index in [0.717, 1.165) is 46.6 Å². The number of thiocarbonyl (C=S) groups is 1. The van der Waals surface area contributed by atoms with Crippen LogP contribution in [0.1, 0.15) is 32.3 Å². The third-order valence-electron chi connectivity index (χ3n) is 4.36. The summed E-state index contributed by atoms with van der Waals surface area (Å²) in [7, 11) is -4.24. The van der Waals surface area contributed by atoms with E-state index < -0.39 is 27.7 Å². The Kier molecular flexibility index (Phi) is 8.99. The summed E-state index contributed by atoms with van der Waals surface area (Å²) in [5, 5.41) is 7.42. The van der Waals surface area contributed by atoms with Crippen molar-refractivity contribution in [3.05, 3.63) is 33.1 Å². The quantitative estimate of drug-likeness (QED) is 0.303. The molecule has 0 atom stereocenters. The normalized spacial score (nSPS) is 18.1. The van der Waals surface area contributed by atoms with Gasteiger partial charge in [0.1, 0.15) is 4.32 Å². The van der Waals surface area contributed by atoms with Gasteiger partial charge in [0.25, 0.3) is 27.9 Å². The lowest BCUT2D eigenvalue weighted by Crippen LogP contribution is -2.33. The predicted molar refractivity (Wildman–Crippen MR) is 130 cm³/mol.